The molecular formula is C14H12N4O3. The largest absolute Gasteiger partial charge is 0.476 e. The highest BCUT2D eigenvalue weighted by molar-refractivity contribution is 6.08. The molecule has 7 heteroatoms. The Hall–Kier alpha value is -2.96. The second-order valence-corrected chi connectivity index (χ2v) is 4.62. The first-order valence-corrected chi connectivity index (χ1v) is 6.31. The van der Waals surface area contributed by atoms with Crippen molar-refractivity contribution in [1.29, 1.82) is 0 Å². The highest BCUT2D eigenvalue weighted by Crippen LogP contribution is 2.30. The topological polar surface area (TPSA) is 88.3 Å². The molecular weight excluding hydrogens is 272 g/mol. The fraction of sp³-hybridized carbons (Fsp3) is 0.143. The summed E-state index contributed by atoms with van der Waals surface area (Å²) in [7, 11) is 0. The van der Waals surface area contributed by atoms with E-state index in [1.165, 1.54) is 10.9 Å². The van der Waals surface area contributed by atoms with Gasteiger partial charge in [-0.1, -0.05) is 30.0 Å². The first-order chi connectivity index (χ1) is 10.1. The SMILES string of the molecule is C=C1c2ccccc2C(=O)N1CCn1cc(C(=O)O)nn1. The predicted octanol–water partition coefficient (Wildman–Crippen LogP) is 1.10. The number of carbonyl (C=O) groups is 2. The zero-order valence-corrected chi connectivity index (χ0v) is 11.1. The molecule has 1 aromatic heterocycles. The molecule has 0 radical (unpaired) electrons. The number of carboxylic acids is 1. The molecule has 106 valence electrons. The van der Waals surface area contributed by atoms with Crippen LogP contribution in [0.4, 0.5) is 0 Å². The number of amides is 1. The van der Waals surface area contributed by atoms with Crippen molar-refractivity contribution in [3.63, 3.8) is 0 Å². The fourth-order valence-electron chi connectivity index (χ4n) is 2.28. The Labute approximate surface area is 120 Å². The van der Waals surface area contributed by atoms with Gasteiger partial charge in [0.25, 0.3) is 5.91 Å². The number of fused-ring (bicyclic) bond motifs is 1. The van der Waals surface area contributed by atoms with Crippen LogP contribution < -0.4 is 0 Å². The molecule has 3 rings (SSSR count). The van der Waals surface area contributed by atoms with Gasteiger partial charge in [-0.2, -0.15) is 0 Å². The lowest BCUT2D eigenvalue weighted by atomic mass is 10.1. The third kappa shape index (κ3) is 2.18. The molecule has 0 fully saturated rings. The van der Waals surface area contributed by atoms with E-state index in [0.717, 1.165) is 5.56 Å². The molecule has 1 aliphatic rings. The summed E-state index contributed by atoms with van der Waals surface area (Å²) in [5, 5.41) is 16.0. The quantitative estimate of drug-likeness (QED) is 0.908. The van der Waals surface area contributed by atoms with E-state index in [1.54, 1.807) is 11.0 Å². The zero-order chi connectivity index (χ0) is 15.0. The third-order valence-electron chi connectivity index (χ3n) is 3.35. The Bertz CT molecular complexity index is 715. The molecule has 1 aliphatic heterocycles. The Morgan fingerprint density at radius 2 is 1.95 bits per heavy atom. The summed E-state index contributed by atoms with van der Waals surface area (Å²) in [6.07, 6.45) is 1.33. The number of nitrogens with zero attached hydrogens (tertiary/aromatic N) is 4. The number of hydrogen-bond acceptors (Lipinski definition) is 4. The first kappa shape index (κ1) is 13.0. The number of carbonyl (C=O) groups excluding carboxylic acids is 1. The van der Waals surface area contributed by atoms with E-state index < -0.39 is 5.97 Å². The maximum absolute atomic E-state index is 12.3. The lowest BCUT2D eigenvalue weighted by Crippen LogP contribution is -2.27. The summed E-state index contributed by atoms with van der Waals surface area (Å²) >= 11 is 0. The Kier molecular flexibility index (Phi) is 3.02. The summed E-state index contributed by atoms with van der Waals surface area (Å²) in [6.45, 7) is 4.64. The number of benzene rings is 1. The molecule has 7 nitrogen and oxygen atoms in total. The molecule has 0 atom stereocenters. The van der Waals surface area contributed by atoms with Gasteiger partial charge in [-0.05, 0) is 6.07 Å². The molecule has 0 aliphatic carbocycles. The van der Waals surface area contributed by atoms with Crippen molar-refractivity contribution in [2.45, 2.75) is 6.54 Å². The smallest absolute Gasteiger partial charge is 0.358 e. The highest BCUT2D eigenvalue weighted by atomic mass is 16.4. The molecule has 1 N–H and O–H groups in total. The Morgan fingerprint density at radius 1 is 1.24 bits per heavy atom. The standard InChI is InChI=1S/C14H12N4O3/c1-9-10-4-2-3-5-11(10)13(19)18(9)7-6-17-8-12(14(20)21)15-16-17/h2-5,8H,1,6-7H2,(H,20,21). The summed E-state index contributed by atoms with van der Waals surface area (Å²) in [4.78, 5) is 24.6. The van der Waals surface area contributed by atoms with Crippen LogP contribution in [0.15, 0.2) is 37.0 Å². The lowest BCUT2D eigenvalue weighted by Gasteiger charge is -2.16. The van der Waals surface area contributed by atoms with Gasteiger partial charge in [0.15, 0.2) is 5.69 Å². The van der Waals surface area contributed by atoms with Crippen molar-refractivity contribution < 1.29 is 14.7 Å². The second-order valence-electron chi connectivity index (χ2n) is 4.62. The predicted molar refractivity (Wildman–Crippen MR) is 73.5 cm³/mol. The van der Waals surface area contributed by atoms with Crippen LogP contribution in [0.1, 0.15) is 26.4 Å². The van der Waals surface area contributed by atoms with Crippen LogP contribution in [0.25, 0.3) is 5.70 Å². The maximum atomic E-state index is 12.3. The summed E-state index contributed by atoms with van der Waals surface area (Å²) in [5.74, 6) is -1.23. The summed E-state index contributed by atoms with van der Waals surface area (Å²) in [5.41, 5.74) is 1.98. The molecule has 1 amide bonds. The van der Waals surface area contributed by atoms with Crippen LogP contribution >= 0.6 is 0 Å². The van der Waals surface area contributed by atoms with Gasteiger partial charge >= 0.3 is 5.97 Å². The molecule has 21 heavy (non-hydrogen) atoms. The van der Waals surface area contributed by atoms with Crippen molar-refractivity contribution in [3.05, 3.63) is 53.9 Å². The number of rotatable bonds is 4. The average molecular weight is 284 g/mol. The molecule has 2 heterocycles. The van der Waals surface area contributed by atoms with E-state index >= 15 is 0 Å². The number of hydrogen-bond donors (Lipinski definition) is 1. The minimum absolute atomic E-state index is 0.103. The monoisotopic (exact) mass is 284 g/mol. The molecule has 0 saturated heterocycles. The first-order valence-electron chi connectivity index (χ1n) is 6.31. The van der Waals surface area contributed by atoms with Crippen LogP contribution in [0.5, 0.6) is 0 Å². The third-order valence-corrected chi connectivity index (χ3v) is 3.35. The van der Waals surface area contributed by atoms with Crippen molar-refractivity contribution in [2.24, 2.45) is 0 Å². The van der Waals surface area contributed by atoms with Crippen molar-refractivity contribution >= 4 is 17.6 Å². The van der Waals surface area contributed by atoms with E-state index in [-0.39, 0.29) is 11.6 Å². The second kappa shape index (κ2) is 4.86. The van der Waals surface area contributed by atoms with E-state index in [2.05, 4.69) is 16.9 Å². The van der Waals surface area contributed by atoms with Gasteiger partial charge in [0.05, 0.1) is 12.7 Å². The van der Waals surface area contributed by atoms with Gasteiger partial charge in [0, 0.05) is 23.4 Å². The van der Waals surface area contributed by atoms with Crippen LogP contribution in [0, 0.1) is 0 Å². The molecule has 0 unspecified atom stereocenters. The maximum Gasteiger partial charge on any atom is 0.358 e. The number of carboxylic acid groups (broad SMARTS) is 1. The zero-order valence-electron chi connectivity index (χ0n) is 11.1. The van der Waals surface area contributed by atoms with Crippen LogP contribution in [0.2, 0.25) is 0 Å². The van der Waals surface area contributed by atoms with Crippen LogP contribution in [-0.2, 0) is 6.54 Å². The number of aromatic carboxylic acids is 1. The van der Waals surface area contributed by atoms with Gasteiger partial charge < -0.3 is 10.0 Å². The van der Waals surface area contributed by atoms with Crippen molar-refractivity contribution in [2.75, 3.05) is 6.54 Å². The van der Waals surface area contributed by atoms with Gasteiger partial charge in [-0.25, -0.2) is 9.48 Å². The minimum Gasteiger partial charge on any atom is -0.476 e. The molecule has 0 bridgehead atoms. The fourth-order valence-corrected chi connectivity index (χ4v) is 2.28. The van der Waals surface area contributed by atoms with Crippen LogP contribution in [-0.4, -0.2) is 43.4 Å². The van der Waals surface area contributed by atoms with Gasteiger partial charge in [-0.3, -0.25) is 4.79 Å². The minimum atomic E-state index is -1.13. The molecule has 2 aromatic rings. The lowest BCUT2D eigenvalue weighted by molar-refractivity contribution is 0.0689. The van der Waals surface area contributed by atoms with E-state index in [4.69, 9.17) is 5.11 Å². The van der Waals surface area contributed by atoms with Crippen molar-refractivity contribution in [3.8, 4) is 0 Å². The van der Waals surface area contributed by atoms with E-state index in [0.29, 0.717) is 24.4 Å². The molecule has 0 spiro atoms. The Morgan fingerprint density at radius 3 is 2.57 bits per heavy atom. The summed E-state index contributed by atoms with van der Waals surface area (Å²) in [6, 6.07) is 7.29. The highest BCUT2D eigenvalue weighted by Gasteiger charge is 2.30. The Balaban J connectivity index is 1.73. The molecule has 0 saturated carbocycles. The van der Waals surface area contributed by atoms with Gasteiger partial charge in [0.2, 0.25) is 0 Å². The number of aromatic nitrogens is 3. The van der Waals surface area contributed by atoms with E-state index in [1.807, 2.05) is 18.2 Å². The van der Waals surface area contributed by atoms with Gasteiger partial charge in [0.1, 0.15) is 0 Å². The van der Waals surface area contributed by atoms with Gasteiger partial charge in [-0.15, -0.1) is 5.10 Å². The normalized spacial score (nSPS) is 13.6. The average Bonchev–Trinajstić information content (AvgIpc) is 3.03. The van der Waals surface area contributed by atoms with E-state index in [9.17, 15) is 9.59 Å². The van der Waals surface area contributed by atoms with Crippen molar-refractivity contribution in [1.82, 2.24) is 19.9 Å². The molecule has 1 aromatic carbocycles. The summed E-state index contributed by atoms with van der Waals surface area (Å²) < 4.78 is 1.40. The van der Waals surface area contributed by atoms with Crippen LogP contribution in [0.3, 0.4) is 0 Å².